The van der Waals surface area contributed by atoms with E-state index in [9.17, 15) is 0 Å². The van der Waals surface area contributed by atoms with Crippen LogP contribution in [0.2, 0.25) is 0 Å². The topological polar surface area (TPSA) is 3.24 Å². The molecule has 0 spiro atoms. The first-order valence-corrected chi connectivity index (χ1v) is 8.90. The lowest BCUT2D eigenvalue weighted by Gasteiger charge is -2.40. The van der Waals surface area contributed by atoms with Gasteiger partial charge in [-0.05, 0) is 37.0 Å². The van der Waals surface area contributed by atoms with Crippen molar-refractivity contribution in [3.05, 3.63) is 0 Å². The molecule has 0 saturated heterocycles. The standard InChI is InChI=1S/C16H34BrN/c1-7-15(8-2)18(11-14(5)6)13-16(9-3,10-4)12-17/h14-15H,7-13H2,1-6H3. The molecule has 0 fully saturated rings. The molecule has 0 saturated carbocycles. The molecule has 0 radical (unpaired) electrons. The molecule has 0 aromatic rings. The fraction of sp³-hybridized carbons (Fsp3) is 1.00. The second kappa shape index (κ2) is 9.36. The zero-order valence-corrected chi connectivity index (χ0v) is 15.0. The molecule has 0 aromatic heterocycles. The Kier molecular flexibility index (Phi) is 9.59. The van der Waals surface area contributed by atoms with Crippen LogP contribution in [0.1, 0.15) is 67.2 Å². The molecule has 0 amide bonds. The number of halogens is 1. The Balaban J connectivity index is 4.84. The largest absolute Gasteiger partial charge is 0.300 e. The van der Waals surface area contributed by atoms with E-state index in [1.807, 2.05) is 0 Å². The van der Waals surface area contributed by atoms with Gasteiger partial charge in [0.2, 0.25) is 0 Å². The minimum atomic E-state index is 0.456. The van der Waals surface area contributed by atoms with Gasteiger partial charge in [0, 0.05) is 24.5 Å². The van der Waals surface area contributed by atoms with E-state index < -0.39 is 0 Å². The molecule has 0 rings (SSSR count). The summed E-state index contributed by atoms with van der Waals surface area (Å²) in [7, 11) is 0. The number of alkyl halides is 1. The molecule has 0 aliphatic carbocycles. The van der Waals surface area contributed by atoms with E-state index in [1.165, 1.54) is 38.8 Å². The third-order valence-electron chi connectivity index (χ3n) is 4.38. The van der Waals surface area contributed by atoms with E-state index >= 15 is 0 Å². The maximum Gasteiger partial charge on any atom is 0.01000 e. The van der Waals surface area contributed by atoms with Gasteiger partial charge in [-0.3, -0.25) is 4.90 Å². The molecular weight excluding hydrogens is 286 g/mol. The zero-order chi connectivity index (χ0) is 14.2. The molecule has 0 aliphatic rings. The molecule has 0 atom stereocenters. The number of nitrogens with zero attached hydrogens (tertiary/aromatic N) is 1. The van der Waals surface area contributed by atoms with Gasteiger partial charge < -0.3 is 0 Å². The SMILES string of the molecule is CCC(CC)N(CC(C)C)CC(CC)(CC)CBr. The van der Waals surface area contributed by atoms with Gasteiger partial charge in [0.05, 0.1) is 0 Å². The summed E-state index contributed by atoms with van der Waals surface area (Å²) in [5.74, 6) is 0.757. The van der Waals surface area contributed by atoms with Crippen molar-refractivity contribution < 1.29 is 0 Å². The molecule has 1 nitrogen and oxygen atoms in total. The third-order valence-corrected chi connectivity index (χ3v) is 5.57. The predicted molar refractivity (Wildman–Crippen MR) is 87.6 cm³/mol. The van der Waals surface area contributed by atoms with Gasteiger partial charge in [-0.15, -0.1) is 0 Å². The molecule has 0 aliphatic heterocycles. The number of hydrogen-bond acceptors (Lipinski definition) is 1. The van der Waals surface area contributed by atoms with Crippen LogP contribution in [0.3, 0.4) is 0 Å². The Labute approximate surface area is 124 Å². The molecule has 0 aromatic carbocycles. The second-order valence-electron chi connectivity index (χ2n) is 6.13. The normalized spacial score (nSPS) is 13.0. The van der Waals surface area contributed by atoms with Gasteiger partial charge in [-0.1, -0.05) is 57.5 Å². The maximum absolute atomic E-state index is 3.75. The Morgan fingerprint density at radius 2 is 1.50 bits per heavy atom. The van der Waals surface area contributed by atoms with Crippen molar-refractivity contribution in [2.24, 2.45) is 11.3 Å². The summed E-state index contributed by atoms with van der Waals surface area (Å²) < 4.78 is 0. The van der Waals surface area contributed by atoms with Gasteiger partial charge in [-0.25, -0.2) is 0 Å². The minimum absolute atomic E-state index is 0.456. The van der Waals surface area contributed by atoms with Gasteiger partial charge >= 0.3 is 0 Å². The van der Waals surface area contributed by atoms with Crippen molar-refractivity contribution in [2.75, 3.05) is 18.4 Å². The molecule has 110 valence electrons. The van der Waals surface area contributed by atoms with Gasteiger partial charge in [0.15, 0.2) is 0 Å². The molecular formula is C16H34BrN. The second-order valence-corrected chi connectivity index (χ2v) is 6.70. The van der Waals surface area contributed by atoms with Crippen molar-refractivity contribution in [2.45, 2.75) is 73.3 Å². The molecule has 2 heteroatoms. The fourth-order valence-corrected chi connectivity index (χ4v) is 3.72. The first kappa shape index (κ1) is 18.4. The highest BCUT2D eigenvalue weighted by atomic mass is 79.9. The number of rotatable bonds is 10. The number of hydrogen-bond donors (Lipinski definition) is 0. The molecule has 0 bridgehead atoms. The van der Waals surface area contributed by atoms with E-state index in [4.69, 9.17) is 0 Å². The minimum Gasteiger partial charge on any atom is -0.300 e. The van der Waals surface area contributed by atoms with Crippen LogP contribution in [0.25, 0.3) is 0 Å². The van der Waals surface area contributed by atoms with E-state index in [0.29, 0.717) is 5.41 Å². The highest BCUT2D eigenvalue weighted by Crippen LogP contribution is 2.31. The summed E-state index contributed by atoms with van der Waals surface area (Å²) in [4.78, 5) is 2.75. The van der Waals surface area contributed by atoms with Crippen LogP contribution in [0, 0.1) is 11.3 Å². The van der Waals surface area contributed by atoms with E-state index in [1.54, 1.807) is 0 Å². The van der Waals surface area contributed by atoms with Gasteiger partial charge in [0.1, 0.15) is 0 Å². The summed E-state index contributed by atoms with van der Waals surface area (Å²) in [6.07, 6.45) is 5.08. The van der Waals surface area contributed by atoms with Crippen LogP contribution in [-0.4, -0.2) is 29.4 Å². The van der Waals surface area contributed by atoms with Crippen molar-refractivity contribution >= 4 is 15.9 Å². The Morgan fingerprint density at radius 3 is 1.78 bits per heavy atom. The van der Waals surface area contributed by atoms with Crippen LogP contribution >= 0.6 is 15.9 Å². The molecule has 0 unspecified atom stereocenters. The predicted octanol–water partition coefficient (Wildman–Crippen LogP) is 5.33. The monoisotopic (exact) mass is 319 g/mol. The van der Waals surface area contributed by atoms with Crippen LogP contribution in [0.5, 0.6) is 0 Å². The van der Waals surface area contributed by atoms with Crippen LogP contribution in [0.15, 0.2) is 0 Å². The lowest BCUT2D eigenvalue weighted by Crippen LogP contribution is -2.45. The molecule has 0 heterocycles. The Morgan fingerprint density at radius 1 is 1.00 bits per heavy atom. The first-order valence-electron chi connectivity index (χ1n) is 7.78. The van der Waals surface area contributed by atoms with E-state index in [0.717, 1.165) is 17.3 Å². The lowest BCUT2D eigenvalue weighted by atomic mass is 9.83. The average molecular weight is 320 g/mol. The lowest BCUT2D eigenvalue weighted by molar-refractivity contribution is 0.0974. The van der Waals surface area contributed by atoms with Gasteiger partial charge in [-0.2, -0.15) is 0 Å². The summed E-state index contributed by atoms with van der Waals surface area (Å²) in [6, 6.07) is 0.754. The summed E-state index contributed by atoms with van der Waals surface area (Å²) in [6.45, 7) is 16.5. The van der Waals surface area contributed by atoms with Crippen molar-refractivity contribution in [1.82, 2.24) is 4.90 Å². The highest BCUT2D eigenvalue weighted by molar-refractivity contribution is 9.09. The fourth-order valence-electron chi connectivity index (χ4n) is 2.75. The van der Waals surface area contributed by atoms with Crippen molar-refractivity contribution in [1.29, 1.82) is 0 Å². The Bertz CT molecular complexity index is 187. The highest BCUT2D eigenvalue weighted by Gasteiger charge is 2.30. The molecule has 18 heavy (non-hydrogen) atoms. The smallest absolute Gasteiger partial charge is 0.01000 e. The van der Waals surface area contributed by atoms with Gasteiger partial charge in [0.25, 0.3) is 0 Å². The summed E-state index contributed by atoms with van der Waals surface area (Å²) in [5.41, 5.74) is 0.456. The summed E-state index contributed by atoms with van der Waals surface area (Å²) >= 11 is 3.75. The van der Waals surface area contributed by atoms with Crippen molar-refractivity contribution in [3.63, 3.8) is 0 Å². The Hall–Kier alpha value is 0.440. The maximum atomic E-state index is 3.75. The third kappa shape index (κ3) is 5.61. The van der Waals surface area contributed by atoms with E-state index in [2.05, 4.69) is 62.4 Å². The van der Waals surface area contributed by atoms with Crippen LogP contribution < -0.4 is 0 Å². The zero-order valence-electron chi connectivity index (χ0n) is 13.4. The average Bonchev–Trinajstić information content (AvgIpc) is 2.36. The molecule has 0 N–H and O–H groups in total. The van der Waals surface area contributed by atoms with Crippen LogP contribution in [-0.2, 0) is 0 Å². The quantitative estimate of drug-likeness (QED) is 0.491. The first-order chi connectivity index (χ1) is 8.48. The van der Waals surface area contributed by atoms with Crippen molar-refractivity contribution in [3.8, 4) is 0 Å². The summed E-state index contributed by atoms with van der Waals surface area (Å²) in [5, 5.41) is 1.13. The van der Waals surface area contributed by atoms with Crippen LogP contribution in [0.4, 0.5) is 0 Å². The van der Waals surface area contributed by atoms with E-state index in [-0.39, 0.29) is 0 Å².